The van der Waals surface area contributed by atoms with Crippen LogP contribution in [-0.4, -0.2) is 25.5 Å². The summed E-state index contributed by atoms with van der Waals surface area (Å²) in [5, 5.41) is 6.75. The van der Waals surface area contributed by atoms with Gasteiger partial charge in [-0.1, -0.05) is 0 Å². The van der Waals surface area contributed by atoms with Gasteiger partial charge in [0.2, 0.25) is 6.79 Å². The molecule has 0 aliphatic carbocycles. The summed E-state index contributed by atoms with van der Waals surface area (Å²) in [6.45, 7) is 0.315. The van der Waals surface area contributed by atoms with Crippen LogP contribution in [0.15, 0.2) is 46.1 Å². The van der Waals surface area contributed by atoms with Gasteiger partial charge in [-0.15, -0.1) is 0 Å². The van der Waals surface area contributed by atoms with Crippen LogP contribution in [0.3, 0.4) is 0 Å². The second kappa shape index (κ2) is 6.00. The first-order valence-electron chi connectivity index (χ1n) is 6.30. The molecule has 2 heterocycles. The smallest absolute Gasteiger partial charge is 0.259 e. The van der Waals surface area contributed by atoms with Crippen molar-refractivity contribution in [1.82, 2.24) is 5.43 Å². The van der Waals surface area contributed by atoms with Crippen molar-refractivity contribution >= 4 is 17.8 Å². The number of fused-ring (bicyclic) bond motifs is 1. The van der Waals surface area contributed by atoms with E-state index in [1.807, 2.05) is 6.07 Å². The summed E-state index contributed by atoms with van der Waals surface area (Å²) in [5.41, 5.74) is 3.16. The topological polar surface area (TPSA) is 85.1 Å². The lowest BCUT2D eigenvalue weighted by Gasteiger charge is -2.05. The van der Waals surface area contributed by atoms with Gasteiger partial charge in [0.15, 0.2) is 11.5 Å². The Bertz CT molecular complexity index is 652. The third kappa shape index (κ3) is 3.33. The number of furan rings is 1. The van der Waals surface area contributed by atoms with Gasteiger partial charge in [0.1, 0.15) is 5.76 Å². The number of carbonyl (C=O) groups excluding carboxylic acids is 1. The Kier molecular flexibility index (Phi) is 3.72. The molecule has 2 N–H and O–H groups in total. The first-order chi connectivity index (χ1) is 10.3. The molecule has 1 aliphatic rings. The molecule has 0 saturated carbocycles. The van der Waals surface area contributed by atoms with Crippen LogP contribution in [0.25, 0.3) is 0 Å². The maximum atomic E-state index is 11.6. The maximum absolute atomic E-state index is 11.6. The number of carbonyl (C=O) groups is 1. The lowest BCUT2D eigenvalue weighted by Crippen LogP contribution is -2.25. The molecule has 3 rings (SSSR count). The van der Waals surface area contributed by atoms with E-state index in [4.69, 9.17) is 13.9 Å². The van der Waals surface area contributed by atoms with Crippen molar-refractivity contribution in [2.24, 2.45) is 5.10 Å². The van der Waals surface area contributed by atoms with Gasteiger partial charge < -0.3 is 19.2 Å². The highest BCUT2D eigenvalue weighted by atomic mass is 16.7. The lowest BCUT2D eigenvalue weighted by molar-refractivity contribution is -0.119. The zero-order valence-corrected chi connectivity index (χ0v) is 11.0. The Morgan fingerprint density at radius 2 is 2.19 bits per heavy atom. The van der Waals surface area contributed by atoms with Crippen molar-refractivity contribution < 1.29 is 18.7 Å². The zero-order valence-electron chi connectivity index (χ0n) is 11.0. The first-order valence-corrected chi connectivity index (χ1v) is 6.30. The number of hydrogen-bond acceptors (Lipinski definition) is 6. The molecule has 0 fully saturated rings. The highest BCUT2D eigenvalue weighted by Gasteiger charge is 2.13. The van der Waals surface area contributed by atoms with Crippen LogP contribution < -0.4 is 20.2 Å². The van der Waals surface area contributed by atoms with Gasteiger partial charge >= 0.3 is 0 Å². The third-order valence-corrected chi connectivity index (χ3v) is 2.75. The maximum Gasteiger partial charge on any atom is 0.259 e. The molecule has 1 aliphatic heterocycles. The minimum Gasteiger partial charge on any atom is -0.463 e. The Morgan fingerprint density at radius 3 is 3.05 bits per heavy atom. The van der Waals surface area contributed by atoms with Gasteiger partial charge in [0, 0.05) is 11.8 Å². The Balaban J connectivity index is 1.47. The molecule has 7 heteroatoms. The summed E-state index contributed by atoms with van der Waals surface area (Å²) in [5.74, 6) is 1.67. The van der Waals surface area contributed by atoms with Gasteiger partial charge in [-0.3, -0.25) is 4.79 Å². The van der Waals surface area contributed by atoms with Crippen molar-refractivity contribution in [1.29, 1.82) is 0 Å². The Hall–Kier alpha value is -2.96. The van der Waals surface area contributed by atoms with Gasteiger partial charge in [-0.25, -0.2) is 5.43 Å². The molecule has 21 heavy (non-hydrogen) atoms. The number of ether oxygens (including phenoxy) is 2. The molecule has 0 saturated heterocycles. The summed E-state index contributed by atoms with van der Waals surface area (Å²) in [4.78, 5) is 11.6. The third-order valence-electron chi connectivity index (χ3n) is 2.75. The van der Waals surface area contributed by atoms with Crippen LogP contribution in [0.4, 0.5) is 5.69 Å². The minimum absolute atomic E-state index is 0.0924. The summed E-state index contributed by atoms with van der Waals surface area (Å²) >= 11 is 0. The Morgan fingerprint density at radius 1 is 1.29 bits per heavy atom. The van der Waals surface area contributed by atoms with Gasteiger partial charge in [-0.05, 0) is 24.3 Å². The molecule has 0 unspecified atom stereocenters. The number of hydrogen-bond donors (Lipinski definition) is 2. The first kappa shape index (κ1) is 13.0. The van der Waals surface area contributed by atoms with E-state index >= 15 is 0 Å². The fourth-order valence-corrected chi connectivity index (χ4v) is 1.76. The van der Waals surface area contributed by atoms with Crippen LogP contribution >= 0.6 is 0 Å². The van der Waals surface area contributed by atoms with E-state index in [1.54, 1.807) is 24.3 Å². The Labute approximate surface area is 120 Å². The van der Waals surface area contributed by atoms with Gasteiger partial charge in [0.25, 0.3) is 5.91 Å². The van der Waals surface area contributed by atoms with E-state index in [-0.39, 0.29) is 19.2 Å². The fraction of sp³-hybridized carbons (Fsp3) is 0.143. The molecule has 0 bridgehead atoms. The highest BCUT2D eigenvalue weighted by molar-refractivity contribution is 5.83. The standard InChI is InChI=1S/C14H13N3O4/c18-14(17-16-7-11-2-1-5-19-11)8-15-10-3-4-12-13(6-10)21-9-20-12/h1-7,15H,8-9H2,(H,17,18)/b16-7+. The van der Waals surface area contributed by atoms with Crippen molar-refractivity contribution in [3.63, 3.8) is 0 Å². The van der Waals surface area contributed by atoms with Gasteiger partial charge in [-0.2, -0.15) is 5.10 Å². The van der Waals surface area contributed by atoms with Crippen molar-refractivity contribution in [2.45, 2.75) is 0 Å². The molecule has 2 aromatic rings. The molecular formula is C14H13N3O4. The molecule has 1 amide bonds. The number of hydrazone groups is 1. The number of amides is 1. The van der Waals surface area contributed by atoms with E-state index in [9.17, 15) is 4.79 Å². The average Bonchev–Trinajstić information content (AvgIpc) is 3.15. The number of nitrogens with one attached hydrogen (secondary N) is 2. The second-order valence-electron chi connectivity index (χ2n) is 4.23. The van der Waals surface area contributed by atoms with E-state index in [0.717, 1.165) is 5.69 Å². The molecule has 0 spiro atoms. The quantitative estimate of drug-likeness (QED) is 0.644. The molecule has 0 radical (unpaired) electrons. The van der Waals surface area contributed by atoms with Crippen LogP contribution in [0.2, 0.25) is 0 Å². The average molecular weight is 287 g/mol. The lowest BCUT2D eigenvalue weighted by atomic mass is 10.3. The van der Waals surface area contributed by atoms with Crippen molar-refractivity contribution in [3.05, 3.63) is 42.4 Å². The normalized spacial score (nSPS) is 12.6. The molecule has 1 aromatic heterocycles. The summed E-state index contributed by atoms with van der Waals surface area (Å²) in [6, 6.07) is 8.86. The largest absolute Gasteiger partial charge is 0.463 e. The number of benzene rings is 1. The minimum atomic E-state index is -0.268. The fourth-order valence-electron chi connectivity index (χ4n) is 1.76. The van der Waals surface area contributed by atoms with Gasteiger partial charge in [0.05, 0.1) is 19.0 Å². The van der Waals surface area contributed by atoms with E-state index < -0.39 is 0 Å². The van der Waals surface area contributed by atoms with Crippen molar-refractivity contribution in [2.75, 3.05) is 18.7 Å². The van der Waals surface area contributed by atoms with Crippen LogP contribution in [-0.2, 0) is 4.79 Å². The molecule has 7 nitrogen and oxygen atoms in total. The van der Waals surface area contributed by atoms with E-state index in [1.165, 1.54) is 12.5 Å². The molecule has 108 valence electrons. The molecule has 1 aromatic carbocycles. The second-order valence-corrected chi connectivity index (χ2v) is 4.23. The van der Waals surface area contributed by atoms with Crippen LogP contribution in [0.1, 0.15) is 5.76 Å². The predicted molar refractivity (Wildman–Crippen MR) is 75.5 cm³/mol. The number of rotatable bonds is 5. The SMILES string of the molecule is O=C(CNc1ccc2c(c1)OCO2)N/N=C/c1ccco1. The molecule has 0 atom stereocenters. The summed E-state index contributed by atoms with van der Waals surface area (Å²) in [7, 11) is 0. The predicted octanol–water partition coefficient (Wildman–Crippen LogP) is 1.57. The van der Waals surface area contributed by atoms with Crippen molar-refractivity contribution in [3.8, 4) is 11.5 Å². The number of nitrogens with zero attached hydrogens (tertiary/aromatic N) is 1. The van der Waals surface area contributed by atoms with E-state index in [0.29, 0.717) is 17.3 Å². The monoisotopic (exact) mass is 287 g/mol. The van der Waals surface area contributed by atoms with E-state index in [2.05, 4.69) is 15.8 Å². The summed E-state index contributed by atoms with van der Waals surface area (Å²) in [6.07, 6.45) is 2.96. The van der Waals surface area contributed by atoms with Crippen LogP contribution in [0.5, 0.6) is 11.5 Å². The van der Waals surface area contributed by atoms with Crippen LogP contribution in [0, 0.1) is 0 Å². The highest BCUT2D eigenvalue weighted by Crippen LogP contribution is 2.34. The zero-order chi connectivity index (χ0) is 14.5. The molecular weight excluding hydrogens is 274 g/mol. The summed E-state index contributed by atoms with van der Waals surface area (Å²) < 4.78 is 15.5. The number of anilines is 1.